The Labute approximate surface area is 159 Å². The van der Waals surface area contributed by atoms with Gasteiger partial charge in [-0.05, 0) is 29.9 Å². The highest BCUT2D eigenvalue weighted by atomic mass is 79.9. The van der Waals surface area contributed by atoms with Gasteiger partial charge >= 0.3 is 5.97 Å². The Balaban J connectivity index is 1.57. The lowest BCUT2D eigenvalue weighted by Crippen LogP contribution is -2.72. The Morgan fingerprint density at radius 2 is 2.08 bits per heavy atom. The number of hydrogen-bond donors (Lipinski definition) is 2. The molecule has 2 aliphatic heterocycles. The Kier molecular flexibility index (Phi) is 4.35. The quantitative estimate of drug-likeness (QED) is 0.736. The zero-order chi connectivity index (χ0) is 17.8. The van der Waals surface area contributed by atoms with Gasteiger partial charge in [-0.1, -0.05) is 34.1 Å². The van der Waals surface area contributed by atoms with E-state index in [4.69, 9.17) is 11.6 Å². The molecule has 3 heterocycles. The maximum Gasteiger partial charge on any atom is 0.326 e. The lowest BCUT2D eigenvalue weighted by atomic mass is 9.70. The number of carbonyl (C=O) groups is 1. The molecule has 0 amide bonds. The molecule has 0 radical (unpaired) electrons. The highest BCUT2D eigenvalue weighted by molar-refractivity contribution is 9.09. The van der Waals surface area contributed by atoms with Crippen LogP contribution in [0.25, 0.3) is 10.9 Å². The van der Waals surface area contributed by atoms with Gasteiger partial charge in [0, 0.05) is 36.2 Å². The number of aliphatic hydroxyl groups excluding tert-OH is 1. The van der Waals surface area contributed by atoms with E-state index in [1.807, 2.05) is 23.2 Å². The van der Waals surface area contributed by atoms with Crippen molar-refractivity contribution in [3.8, 4) is 0 Å². The number of aromatic nitrogens is 1. The minimum Gasteiger partial charge on any atom is -0.480 e. The standard InChI is InChI=1S/C18H20BrClN2O3/c19-14-12-9-18(20,17(24)25)16(15(14)23)22(10-12)8-7-21-6-5-11-3-1-2-4-13(11)21/h1-6,12,14-16,23H,7-10H2,(H,24,25). The average Bonchev–Trinajstić information content (AvgIpc) is 3.00. The van der Waals surface area contributed by atoms with Crippen molar-refractivity contribution in [1.82, 2.24) is 9.47 Å². The first-order chi connectivity index (χ1) is 11.9. The second-order valence-corrected chi connectivity index (χ2v) is 8.81. The van der Waals surface area contributed by atoms with E-state index in [9.17, 15) is 15.0 Å². The molecule has 1 aromatic carbocycles. The summed E-state index contributed by atoms with van der Waals surface area (Å²) in [6.45, 7) is 2.12. The van der Waals surface area contributed by atoms with Gasteiger partial charge in [0.05, 0.1) is 12.1 Å². The van der Waals surface area contributed by atoms with Crippen LogP contribution in [0.5, 0.6) is 0 Å². The van der Waals surface area contributed by atoms with Crippen molar-refractivity contribution in [2.45, 2.75) is 34.8 Å². The zero-order valence-corrected chi connectivity index (χ0v) is 15.9. The van der Waals surface area contributed by atoms with E-state index in [1.54, 1.807) is 0 Å². The van der Waals surface area contributed by atoms with E-state index in [0.717, 1.165) is 18.6 Å². The molecular formula is C18H20BrClN2O3. The minimum atomic E-state index is -1.43. The minimum absolute atomic E-state index is 0.0232. The predicted molar refractivity (Wildman–Crippen MR) is 100 cm³/mol. The van der Waals surface area contributed by atoms with E-state index in [1.165, 1.54) is 5.39 Å². The van der Waals surface area contributed by atoms with Crippen LogP contribution in [0.15, 0.2) is 36.5 Å². The van der Waals surface area contributed by atoms with Crippen molar-refractivity contribution in [2.75, 3.05) is 13.1 Å². The lowest BCUT2D eigenvalue weighted by molar-refractivity contribution is -0.153. The third-order valence-electron chi connectivity index (χ3n) is 5.65. The topological polar surface area (TPSA) is 65.7 Å². The van der Waals surface area contributed by atoms with E-state index in [0.29, 0.717) is 13.0 Å². The number of alkyl halides is 2. The molecule has 1 aromatic heterocycles. The number of hydrogen-bond acceptors (Lipinski definition) is 3. The second kappa shape index (κ2) is 6.27. The third kappa shape index (κ3) is 2.70. The molecule has 2 N–H and O–H groups in total. The van der Waals surface area contributed by atoms with Gasteiger partial charge in [0.25, 0.3) is 0 Å². The monoisotopic (exact) mass is 426 g/mol. The highest BCUT2D eigenvalue weighted by Gasteiger charge is 2.61. The van der Waals surface area contributed by atoms with Crippen LogP contribution in [-0.2, 0) is 11.3 Å². The predicted octanol–water partition coefficient (Wildman–Crippen LogP) is 2.53. The Hall–Kier alpha value is -1.08. The molecule has 3 fully saturated rings. The fourth-order valence-corrected chi connectivity index (χ4v) is 5.55. The summed E-state index contributed by atoms with van der Waals surface area (Å²) < 4.78 is 2.16. The SMILES string of the molecule is O=C(O)C1(Cl)CC2CN(CCn3ccc4ccccc43)C1C(O)C2Br. The molecule has 0 spiro atoms. The second-order valence-electron chi connectivity index (χ2n) is 7.07. The summed E-state index contributed by atoms with van der Waals surface area (Å²) >= 11 is 10.0. The van der Waals surface area contributed by atoms with Gasteiger partial charge in [-0.15, -0.1) is 11.6 Å². The molecule has 5 rings (SSSR count). The fourth-order valence-electron chi connectivity index (χ4n) is 4.44. The molecule has 5 atom stereocenters. The third-order valence-corrected chi connectivity index (χ3v) is 7.48. The number of carboxylic acid groups (broad SMARTS) is 1. The molecule has 5 unspecified atom stereocenters. The summed E-state index contributed by atoms with van der Waals surface area (Å²) in [5.74, 6) is -1.02. The Morgan fingerprint density at radius 3 is 2.80 bits per heavy atom. The van der Waals surface area contributed by atoms with Crippen molar-refractivity contribution in [3.05, 3.63) is 36.5 Å². The largest absolute Gasteiger partial charge is 0.480 e. The van der Waals surface area contributed by atoms with Gasteiger partial charge in [0.1, 0.15) is 0 Å². The maximum absolute atomic E-state index is 11.8. The number of nitrogens with zero attached hydrogens (tertiary/aromatic N) is 2. The number of halogens is 2. The first-order valence-electron chi connectivity index (χ1n) is 8.44. The fraction of sp³-hybridized carbons (Fsp3) is 0.500. The van der Waals surface area contributed by atoms with Gasteiger partial charge in [0.15, 0.2) is 4.87 Å². The molecule has 7 heteroatoms. The molecular weight excluding hydrogens is 408 g/mol. The van der Waals surface area contributed by atoms with Crippen molar-refractivity contribution >= 4 is 44.4 Å². The lowest BCUT2D eigenvalue weighted by Gasteiger charge is -2.56. The molecule has 5 nitrogen and oxygen atoms in total. The Bertz CT molecular complexity index is 810. The first-order valence-corrected chi connectivity index (χ1v) is 9.73. The molecule has 3 aliphatic rings. The van der Waals surface area contributed by atoms with Crippen LogP contribution in [0.2, 0.25) is 0 Å². The van der Waals surface area contributed by atoms with Crippen LogP contribution in [0.4, 0.5) is 0 Å². The summed E-state index contributed by atoms with van der Waals surface area (Å²) in [5.41, 5.74) is 1.15. The zero-order valence-electron chi connectivity index (χ0n) is 13.6. The van der Waals surface area contributed by atoms with Crippen molar-refractivity contribution in [2.24, 2.45) is 5.92 Å². The number of benzene rings is 1. The number of aliphatic carboxylic acids is 1. The van der Waals surface area contributed by atoms with Gasteiger partial charge in [-0.3, -0.25) is 9.69 Å². The first kappa shape index (κ1) is 17.3. The number of para-hydroxylation sites is 1. The molecule has 1 saturated carbocycles. The van der Waals surface area contributed by atoms with Gasteiger partial charge in [-0.2, -0.15) is 0 Å². The van der Waals surface area contributed by atoms with Crippen molar-refractivity contribution < 1.29 is 15.0 Å². The van der Waals surface area contributed by atoms with Crippen LogP contribution in [0.1, 0.15) is 6.42 Å². The smallest absolute Gasteiger partial charge is 0.326 e. The maximum atomic E-state index is 11.8. The molecule has 1 aliphatic carbocycles. The number of carboxylic acids is 1. The highest BCUT2D eigenvalue weighted by Crippen LogP contribution is 2.48. The Morgan fingerprint density at radius 1 is 1.32 bits per heavy atom. The summed E-state index contributed by atoms with van der Waals surface area (Å²) in [5, 5.41) is 21.4. The number of aliphatic hydroxyl groups is 1. The summed E-state index contributed by atoms with van der Waals surface area (Å²) in [6.07, 6.45) is 1.63. The molecule has 2 aromatic rings. The van der Waals surface area contributed by atoms with E-state index >= 15 is 0 Å². The van der Waals surface area contributed by atoms with Gasteiger partial charge < -0.3 is 14.8 Å². The van der Waals surface area contributed by atoms with Crippen LogP contribution < -0.4 is 0 Å². The number of rotatable bonds is 4. The van der Waals surface area contributed by atoms with E-state index in [-0.39, 0.29) is 10.7 Å². The summed E-state index contributed by atoms with van der Waals surface area (Å²) in [4.78, 5) is 12.3. The summed E-state index contributed by atoms with van der Waals surface area (Å²) in [6, 6.07) is 9.64. The molecule has 134 valence electrons. The van der Waals surface area contributed by atoms with Crippen molar-refractivity contribution in [3.63, 3.8) is 0 Å². The van der Waals surface area contributed by atoms with Gasteiger partial charge in [0.2, 0.25) is 0 Å². The molecule has 2 bridgehead atoms. The molecule has 2 saturated heterocycles. The van der Waals surface area contributed by atoms with E-state index in [2.05, 4.69) is 38.7 Å². The van der Waals surface area contributed by atoms with Crippen LogP contribution >= 0.6 is 27.5 Å². The van der Waals surface area contributed by atoms with Crippen LogP contribution in [-0.4, -0.2) is 60.6 Å². The number of piperidine rings is 2. The van der Waals surface area contributed by atoms with Crippen LogP contribution in [0.3, 0.4) is 0 Å². The normalized spacial score (nSPS) is 35.3. The van der Waals surface area contributed by atoms with E-state index < -0.39 is 23.0 Å². The number of fused-ring (bicyclic) bond motifs is 4. The van der Waals surface area contributed by atoms with Crippen molar-refractivity contribution in [1.29, 1.82) is 0 Å². The molecule has 25 heavy (non-hydrogen) atoms. The average molecular weight is 428 g/mol. The van der Waals surface area contributed by atoms with Gasteiger partial charge in [-0.25, -0.2) is 0 Å². The van der Waals surface area contributed by atoms with Crippen LogP contribution in [0, 0.1) is 5.92 Å². The summed E-state index contributed by atoms with van der Waals surface area (Å²) in [7, 11) is 0.